The van der Waals surface area contributed by atoms with Crippen LogP contribution in [0.1, 0.15) is 53.9 Å². The Bertz CT molecular complexity index is 1030. The van der Waals surface area contributed by atoms with Crippen LogP contribution in [0.25, 0.3) is 5.13 Å². The number of benzene rings is 1. The van der Waals surface area contributed by atoms with Crippen molar-refractivity contribution < 1.29 is 4.79 Å². The summed E-state index contributed by atoms with van der Waals surface area (Å²) in [5.41, 5.74) is 5.12. The van der Waals surface area contributed by atoms with Gasteiger partial charge in [0.1, 0.15) is 0 Å². The Morgan fingerprint density at radius 3 is 2.60 bits per heavy atom. The molecule has 7 heteroatoms. The highest BCUT2D eigenvalue weighted by Gasteiger charge is 2.19. The van der Waals surface area contributed by atoms with Gasteiger partial charge >= 0.3 is 0 Å². The van der Waals surface area contributed by atoms with Gasteiger partial charge in [0.05, 0.1) is 17.8 Å². The summed E-state index contributed by atoms with van der Waals surface area (Å²) in [6, 6.07) is 7.92. The van der Waals surface area contributed by atoms with Crippen molar-refractivity contribution in [3.8, 4) is 5.13 Å². The molecule has 0 atom stereocenters. The number of aryl methyl sites for hydroxylation is 1. The van der Waals surface area contributed by atoms with Gasteiger partial charge < -0.3 is 4.90 Å². The molecule has 0 N–H and O–H groups in total. The van der Waals surface area contributed by atoms with Gasteiger partial charge in [-0.05, 0) is 38.3 Å². The molecule has 1 fully saturated rings. The highest BCUT2D eigenvalue weighted by atomic mass is 35.5. The van der Waals surface area contributed by atoms with Crippen LogP contribution in [0.15, 0.2) is 29.6 Å². The molecule has 0 radical (unpaired) electrons. The zero-order valence-electron chi connectivity index (χ0n) is 17.5. The van der Waals surface area contributed by atoms with Crippen molar-refractivity contribution in [1.29, 1.82) is 0 Å². The molecule has 1 saturated heterocycles. The molecule has 158 valence electrons. The number of nitrogens with zero attached hydrogens (tertiary/aromatic N) is 4. The average Bonchev–Trinajstić information content (AvgIpc) is 3.16. The second kappa shape index (κ2) is 9.31. The van der Waals surface area contributed by atoms with Crippen LogP contribution in [0.2, 0.25) is 5.02 Å². The lowest BCUT2D eigenvalue weighted by molar-refractivity contribution is -0.130. The molecule has 1 aromatic carbocycles. The van der Waals surface area contributed by atoms with Crippen molar-refractivity contribution in [1.82, 2.24) is 19.7 Å². The van der Waals surface area contributed by atoms with Crippen molar-refractivity contribution in [2.75, 3.05) is 13.1 Å². The Morgan fingerprint density at radius 1 is 1.13 bits per heavy atom. The van der Waals surface area contributed by atoms with Crippen LogP contribution in [0.4, 0.5) is 0 Å². The van der Waals surface area contributed by atoms with E-state index >= 15 is 0 Å². The largest absolute Gasteiger partial charge is 0.342 e. The number of halogens is 1. The third-order valence-corrected chi connectivity index (χ3v) is 7.01. The highest BCUT2D eigenvalue weighted by Crippen LogP contribution is 2.26. The molecule has 0 spiro atoms. The van der Waals surface area contributed by atoms with E-state index in [0.29, 0.717) is 6.42 Å². The van der Waals surface area contributed by atoms with E-state index < -0.39 is 0 Å². The Kier molecular flexibility index (Phi) is 6.54. The quantitative estimate of drug-likeness (QED) is 0.550. The molecule has 1 amide bonds. The van der Waals surface area contributed by atoms with E-state index in [1.165, 1.54) is 29.7 Å². The summed E-state index contributed by atoms with van der Waals surface area (Å²) in [4.78, 5) is 19.4. The minimum absolute atomic E-state index is 0.182. The smallest absolute Gasteiger partial charge is 0.228 e. The molecule has 1 aliphatic heterocycles. The Labute approximate surface area is 186 Å². The second-order valence-corrected chi connectivity index (χ2v) is 9.17. The maximum absolute atomic E-state index is 12.7. The van der Waals surface area contributed by atoms with Crippen molar-refractivity contribution in [3.63, 3.8) is 0 Å². The molecule has 0 bridgehead atoms. The van der Waals surface area contributed by atoms with E-state index in [2.05, 4.69) is 13.0 Å². The summed E-state index contributed by atoms with van der Waals surface area (Å²) in [6.45, 7) is 5.83. The fourth-order valence-corrected chi connectivity index (χ4v) is 5.04. The van der Waals surface area contributed by atoms with E-state index in [4.69, 9.17) is 21.7 Å². The lowest BCUT2D eigenvalue weighted by Crippen LogP contribution is -2.33. The van der Waals surface area contributed by atoms with E-state index in [-0.39, 0.29) is 5.91 Å². The monoisotopic (exact) mass is 442 g/mol. The van der Waals surface area contributed by atoms with Gasteiger partial charge in [-0.2, -0.15) is 5.10 Å². The molecular formula is C23H27ClN4OS. The summed E-state index contributed by atoms with van der Waals surface area (Å²) in [6.07, 6.45) is 5.76. The van der Waals surface area contributed by atoms with Crippen LogP contribution in [0.5, 0.6) is 0 Å². The molecule has 3 heterocycles. The van der Waals surface area contributed by atoms with Gasteiger partial charge in [-0.25, -0.2) is 9.67 Å². The van der Waals surface area contributed by atoms with Crippen molar-refractivity contribution in [2.45, 2.75) is 52.4 Å². The van der Waals surface area contributed by atoms with Crippen LogP contribution in [-0.4, -0.2) is 38.7 Å². The summed E-state index contributed by atoms with van der Waals surface area (Å²) < 4.78 is 1.89. The van der Waals surface area contributed by atoms with Gasteiger partial charge in [-0.1, -0.05) is 42.6 Å². The second-order valence-electron chi connectivity index (χ2n) is 7.92. The number of hydrogen-bond donors (Lipinski definition) is 0. The summed E-state index contributed by atoms with van der Waals surface area (Å²) in [5.74, 6) is 0.182. The lowest BCUT2D eigenvalue weighted by Gasteiger charge is -2.19. The van der Waals surface area contributed by atoms with Gasteiger partial charge in [-0.3, -0.25) is 4.79 Å². The number of likely N-dealkylation sites (tertiary alicyclic amines) is 1. The minimum Gasteiger partial charge on any atom is -0.342 e. The van der Waals surface area contributed by atoms with Gasteiger partial charge in [-0.15, -0.1) is 11.3 Å². The third kappa shape index (κ3) is 4.60. The molecule has 0 aliphatic carbocycles. The fraction of sp³-hybridized carbons (Fsp3) is 0.435. The number of rotatable bonds is 5. The van der Waals surface area contributed by atoms with Crippen LogP contribution in [0.3, 0.4) is 0 Å². The first-order chi connectivity index (χ1) is 14.5. The maximum Gasteiger partial charge on any atom is 0.228 e. The van der Waals surface area contributed by atoms with Crippen molar-refractivity contribution >= 4 is 28.8 Å². The number of carbonyl (C=O) groups excluding carboxylic acids is 1. The Morgan fingerprint density at radius 2 is 1.87 bits per heavy atom. The normalized spacial score (nSPS) is 14.7. The SMILES string of the molecule is Cc1nn(-c2nc(CC(=O)N3CCCCCC3)cs2)c(C)c1Cc1ccccc1Cl. The molecule has 1 aliphatic rings. The van der Waals surface area contributed by atoms with Gasteiger partial charge in [0, 0.05) is 41.2 Å². The molecule has 5 nitrogen and oxygen atoms in total. The lowest BCUT2D eigenvalue weighted by atomic mass is 10.0. The maximum atomic E-state index is 12.7. The van der Waals surface area contributed by atoms with E-state index in [1.54, 1.807) is 0 Å². The Balaban J connectivity index is 1.51. The molecule has 0 saturated carbocycles. The minimum atomic E-state index is 0.182. The first-order valence-electron chi connectivity index (χ1n) is 10.5. The van der Waals surface area contributed by atoms with Crippen LogP contribution in [-0.2, 0) is 17.6 Å². The third-order valence-electron chi connectivity index (χ3n) is 5.78. The van der Waals surface area contributed by atoms with Crippen molar-refractivity contribution in [3.05, 3.63) is 62.9 Å². The number of thiazole rings is 1. The average molecular weight is 443 g/mol. The fourth-order valence-electron chi connectivity index (χ4n) is 4.01. The Hall–Kier alpha value is -2.18. The van der Waals surface area contributed by atoms with Gasteiger partial charge in [0.2, 0.25) is 11.0 Å². The van der Waals surface area contributed by atoms with Gasteiger partial charge in [0.15, 0.2) is 0 Å². The van der Waals surface area contributed by atoms with Crippen molar-refractivity contribution in [2.24, 2.45) is 0 Å². The first-order valence-corrected chi connectivity index (χ1v) is 11.8. The molecular weight excluding hydrogens is 416 g/mol. The van der Waals surface area contributed by atoms with Crippen LogP contribution < -0.4 is 0 Å². The van der Waals surface area contributed by atoms with Crippen LogP contribution >= 0.6 is 22.9 Å². The summed E-state index contributed by atoms with van der Waals surface area (Å²) in [5, 5.41) is 8.28. The number of amides is 1. The van der Waals surface area contributed by atoms with E-state index in [0.717, 1.165) is 65.2 Å². The van der Waals surface area contributed by atoms with E-state index in [1.807, 2.05) is 40.1 Å². The zero-order chi connectivity index (χ0) is 21.1. The zero-order valence-corrected chi connectivity index (χ0v) is 19.1. The summed E-state index contributed by atoms with van der Waals surface area (Å²) in [7, 11) is 0. The molecule has 0 unspecified atom stereocenters. The number of carbonyl (C=O) groups is 1. The topological polar surface area (TPSA) is 51.0 Å². The standard InChI is InChI=1S/C23H27ClN4OS/c1-16-20(13-18-9-5-6-10-21(18)24)17(2)28(26-16)23-25-19(15-30-23)14-22(29)27-11-7-3-4-8-12-27/h5-6,9-10,15H,3-4,7-8,11-14H2,1-2H3. The molecule has 4 rings (SSSR count). The first kappa shape index (κ1) is 21.1. The molecule has 30 heavy (non-hydrogen) atoms. The number of aromatic nitrogens is 3. The van der Waals surface area contributed by atoms with E-state index in [9.17, 15) is 4.79 Å². The summed E-state index contributed by atoms with van der Waals surface area (Å²) >= 11 is 7.89. The predicted molar refractivity (Wildman–Crippen MR) is 122 cm³/mol. The predicted octanol–water partition coefficient (Wildman–Crippen LogP) is 5.13. The molecule has 2 aromatic heterocycles. The molecule has 3 aromatic rings. The number of hydrogen-bond acceptors (Lipinski definition) is 4. The van der Waals surface area contributed by atoms with Gasteiger partial charge in [0.25, 0.3) is 0 Å². The van der Waals surface area contributed by atoms with Crippen LogP contribution in [0, 0.1) is 13.8 Å². The highest BCUT2D eigenvalue weighted by molar-refractivity contribution is 7.12.